The van der Waals surface area contributed by atoms with E-state index in [1.54, 1.807) is 12.1 Å². The van der Waals surface area contributed by atoms with E-state index in [4.69, 9.17) is 12.2 Å². The standard InChI is InChI=1S/C13H17N3O3S/c1-8(2)9-4-6-10(7-5-9)11(17)14-12(20)15-16-13(18)19-3/h4-8H,1-3H3,(H,16,18)(H2,14,15,17,20). The number of thiocarbonyl (C=S) groups is 1. The zero-order chi connectivity index (χ0) is 15.1. The van der Waals surface area contributed by atoms with Crippen LogP contribution in [0.15, 0.2) is 24.3 Å². The lowest BCUT2D eigenvalue weighted by Crippen LogP contribution is -2.48. The Morgan fingerprint density at radius 1 is 1.15 bits per heavy atom. The first-order chi connectivity index (χ1) is 9.43. The van der Waals surface area contributed by atoms with Crippen molar-refractivity contribution in [3.63, 3.8) is 0 Å². The fraction of sp³-hybridized carbons (Fsp3) is 0.308. The predicted molar refractivity (Wildman–Crippen MR) is 79.3 cm³/mol. The van der Waals surface area contributed by atoms with Crippen LogP contribution in [0, 0.1) is 0 Å². The van der Waals surface area contributed by atoms with Gasteiger partial charge in [0.15, 0.2) is 5.11 Å². The van der Waals surface area contributed by atoms with Gasteiger partial charge in [-0.05, 0) is 35.8 Å². The van der Waals surface area contributed by atoms with Gasteiger partial charge in [-0.1, -0.05) is 26.0 Å². The van der Waals surface area contributed by atoms with E-state index in [1.165, 1.54) is 7.11 Å². The molecule has 7 heteroatoms. The summed E-state index contributed by atoms with van der Waals surface area (Å²) >= 11 is 4.85. The largest absolute Gasteiger partial charge is 0.452 e. The number of methoxy groups -OCH3 is 1. The number of amides is 2. The molecule has 0 aliphatic carbocycles. The summed E-state index contributed by atoms with van der Waals surface area (Å²) in [6.45, 7) is 4.15. The Kier molecular flexibility index (Phi) is 5.92. The van der Waals surface area contributed by atoms with Gasteiger partial charge < -0.3 is 4.74 Å². The van der Waals surface area contributed by atoms with Gasteiger partial charge in [-0.3, -0.25) is 15.5 Å². The first-order valence-electron chi connectivity index (χ1n) is 5.99. The maximum atomic E-state index is 11.9. The second kappa shape index (κ2) is 7.44. The Balaban J connectivity index is 2.53. The maximum absolute atomic E-state index is 11.9. The summed E-state index contributed by atoms with van der Waals surface area (Å²) in [6, 6.07) is 7.23. The third-order valence-electron chi connectivity index (χ3n) is 2.53. The lowest BCUT2D eigenvalue weighted by atomic mass is 10.0. The molecule has 1 aromatic carbocycles. The van der Waals surface area contributed by atoms with Crippen LogP contribution in [-0.2, 0) is 4.74 Å². The van der Waals surface area contributed by atoms with Crippen LogP contribution in [0.1, 0.15) is 35.7 Å². The van der Waals surface area contributed by atoms with Gasteiger partial charge >= 0.3 is 6.09 Å². The SMILES string of the molecule is COC(=O)NNC(=S)NC(=O)c1ccc(C(C)C)cc1. The van der Waals surface area contributed by atoms with Crippen LogP contribution >= 0.6 is 12.2 Å². The summed E-state index contributed by atoms with van der Waals surface area (Å²) in [6.07, 6.45) is -0.706. The topological polar surface area (TPSA) is 79.5 Å². The van der Waals surface area contributed by atoms with Crippen molar-refractivity contribution in [3.8, 4) is 0 Å². The maximum Gasteiger partial charge on any atom is 0.425 e. The molecular formula is C13H17N3O3S. The molecule has 0 heterocycles. The molecule has 1 aromatic rings. The molecule has 0 aliphatic heterocycles. The molecule has 0 aliphatic rings. The minimum atomic E-state index is -0.706. The molecule has 2 amide bonds. The third-order valence-corrected chi connectivity index (χ3v) is 2.73. The smallest absolute Gasteiger partial charge is 0.425 e. The van der Waals surface area contributed by atoms with Crippen LogP contribution in [-0.4, -0.2) is 24.2 Å². The summed E-state index contributed by atoms with van der Waals surface area (Å²) in [7, 11) is 1.22. The molecule has 0 saturated carbocycles. The molecule has 0 bridgehead atoms. The minimum absolute atomic E-state index is 0.0201. The number of rotatable bonds is 2. The van der Waals surface area contributed by atoms with Crippen LogP contribution in [0.4, 0.5) is 4.79 Å². The van der Waals surface area contributed by atoms with Crippen molar-refractivity contribution in [1.82, 2.24) is 16.2 Å². The zero-order valence-electron chi connectivity index (χ0n) is 11.5. The fourth-order valence-corrected chi connectivity index (χ4v) is 1.53. The van der Waals surface area contributed by atoms with Crippen molar-refractivity contribution in [3.05, 3.63) is 35.4 Å². The molecule has 1 rings (SSSR count). The highest BCUT2D eigenvalue weighted by Gasteiger charge is 2.09. The Morgan fingerprint density at radius 2 is 1.75 bits per heavy atom. The lowest BCUT2D eigenvalue weighted by Gasteiger charge is -2.10. The van der Waals surface area contributed by atoms with Crippen LogP contribution in [0.5, 0.6) is 0 Å². The van der Waals surface area contributed by atoms with Gasteiger partial charge in [-0.15, -0.1) is 0 Å². The van der Waals surface area contributed by atoms with Crippen molar-refractivity contribution < 1.29 is 14.3 Å². The predicted octanol–water partition coefficient (Wildman–Crippen LogP) is 1.69. The van der Waals surface area contributed by atoms with E-state index < -0.39 is 6.09 Å². The second-order valence-corrected chi connectivity index (χ2v) is 4.71. The molecule has 0 aromatic heterocycles. The van der Waals surface area contributed by atoms with Gasteiger partial charge in [0.2, 0.25) is 0 Å². The van der Waals surface area contributed by atoms with E-state index in [0.29, 0.717) is 11.5 Å². The molecule has 3 N–H and O–H groups in total. The van der Waals surface area contributed by atoms with Crippen molar-refractivity contribution in [2.75, 3.05) is 7.11 Å². The quantitative estimate of drug-likeness (QED) is 0.571. The van der Waals surface area contributed by atoms with E-state index in [-0.39, 0.29) is 11.0 Å². The zero-order valence-corrected chi connectivity index (χ0v) is 12.3. The Labute approximate surface area is 122 Å². The van der Waals surface area contributed by atoms with Crippen LogP contribution in [0.3, 0.4) is 0 Å². The summed E-state index contributed by atoms with van der Waals surface area (Å²) in [5.41, 5.74) is 6.12. The first-order valence-corrected chi connectivity index (χ1v) is 6.40. The molecular weight excluding hydrogens is 278 g/mol. The number of benzene rings is 1. The molecule has 0 spiro atoms. The number of hydrazine groups is 1. The number of carbonyl (C=O) groups excluding carboxylic acids is 2. The summed E-state index contributed by atoms with van der Waals surface area (Å²) in [5.74, 6) is 0.0450. The van der Waals surface area contributed by atoms with Gasteiger partial charge in [0, 0.05) is 5.56 Å². The fourth-order valence-electron chi connectivity index (χ4n) is 1.38. The van der Waals surface area contributed by atoms with Gasteiger partial charge in [0.05, 0.1) is 7.11 Å². The number of nitrogens with one attached hydrogen (secondary N) is 3. The molecule has 0 radical (unpaired) electrons. The molecule has 6 nitrogen and oxygen atoms in total. The highest BCUT2D eigenvalue weighted by Crippen LogP contribution is 2.14. The minimum Gasteiger partial charge on any atom is -0.452 e. The first kappa shape index (κ1) is 15.9. The Hall–Kier alpha value is -2.15. The molecule has 0 unspecified atom stereocenters. The van der Waals surface area contributed by atoms with Crippen molar-refractivity contribution in [2.45, 2.75) is 19.8 Å². The van der Waals surface area contributed by atoms with E-state index in [2.05, 4.69) is 34.8 Å². The molecule has 0 saturated heterocycles. The van der Waals surface area contributed by atoms with Gasteiger partial charge in [0.25, 0.3) is 5.91 Å². The van der Waals surface area contributed by atoms with Gasteiger partial charge in [0.1, 0.15) is 0 Å². The Morgan fingerprint density at radius 3 is 2.25 bits per heavy atom. The normalized spacial score (nSPS) is 9.80. The van der Waals surface area contributed by atoms with E-state index in [9.17, 15) is 9.59 Å². The average Bonchev–Trinajstić information content (AvgIpc) is 2.44. The van der Waals surface area contributed by atoms with Crippen molar-refractivity contribution in [1.29, 1.82) is 0 Å². The van der Waals surface area contributed by atoms with E-state index >= 15 is 0 Å². The van der Waals surface area contributed by atoms with Gasteiger partial charge in [-0.25, -0.2) is 10.2 Å². The number of ether oxygens (including phenoxy) is 1. The van der Waals surface area contributed by atoms with Gasteiger partial charge in [-0.2, -0.15) is 0 Å². The lowest BCUT2D eigenvalue weighted by molar-refractivity contribution is 0.0975. The summed E-state index contributed by atoms with van der Waals surface area (Å²) in [4.78, 5) is 22.7. The third kappa shape index (κ3) is 4.85. The number of hydrogen-bond acceptors (Lipinski definition) is 4. The molecule has 0 atom stereocenters. The summed E-state index contributed by atoms with van der Waals surface area (Å²) in [5, 5.41) is 2.42. The molecule has 0 fully saturated rings. The highest BCUT2D eigenvalue weighted by molar-refractivity contribution is 7.80. The van der Waals surface area contributed by atoms with E-state index in [0.717, 1.165) is 5.56 Å². The van der Waals surface area contributed by atoms with Crippen LogP contribution in [0.25, 0.3) is 0 Å². The summed E-state index contributed by atoms with van der Waals surface area (Å²) < 4.78 is 4.34. The molecule has 108 valence electrons. The van der Waals surface area contributed by atoms with Crippen LogP contribution in [0.2, 0.25) is 0 Å². The van der Waals surface area contributed by atoms with Crippen molar-refractivity contribution in [2.24, 2.45) is 0 Å². The van der Waals surface area contributed by atoms with E-state index in [1.807, 2.05) is 12.1 Å². The number of hydrogen-bond donors (Lipinski definition) is 3. The van der Waals surface area contributed by atoms with Crippen LogP contribution < -0.4 is 16.2 Å². The second-order valence-electron chi connectivity index (χ2n) is 4.30. The number of carbonyl (C=O) groups is 2. The monoisotopic (exact) mass is 295 g/mol. The molecule has 20 heavy (non-hydrogen) atoms. The Bertz CT molecular complexity index is 500. The average molecular weight is 295 g/mol. The van der Waals surface area contributed by atoms with Crippen molar-refractivity contribution >= 4 is 29.3 Å². The highest BCUT2D eigenvalue weighted by atomic mass is 32.1.